The van der Waals surface area contributed by atoms with Gasteiger partial charge in [0.2, 0.25) is 0 Å². The fourth-order valence-corrected chi connectivity index (χ4v) is 2.43. The molecule has 3 rings (SSSR count). The summed E-state index contributed by atoms with van der Waals surface area (Å²) in [5.41, 5.74) is 4.64. The summed E-state index contributed by atoms with van der Waals surface area (Å²) in [6.45, 7) is 4.06. The van der Waals surface area contributed by atoms with Crippen molar-refractivity contribution in [2.45, 2.75) is 20.5 Å². The summed E-state index contributed by atoms with van der Waals surface area (Å²) in [7, 11) is 0. The molecule has 0 N–H and O–H groups in total. The van der Waals surface area contributed by atoms with Gasteiger partial charge in [0.05, 0.1) is 28.0 Å². The second-order valence-corrected chi connectivity index (χ2v) is 6.22. The van der Waals surface area contributed by atoms with E-state index >= 15 is 0 Å². The molecule has 1 heterocycles. The summed E-state index contributed by atoms with van der Waals surface area (Å²) in [6, 6.07) is 12.9. The van der Waals surface area contributed by atoms with Gasteiger partial charge in [-0.25, -0.2) is 14.8 Å². The monoisotopic (exact) mass is 370 g/mol. The van der Waals surface area contributed by atoms with Crippen LogP contribution < -0.4 is 0 Å². The van der Waals surface area contributed by atoms with Crippen LogP contribution in [-0.4, -0.2) is 15.9 Å². The van der Waals surface area contributed by atoms with Crippen molar-refractivity contribution in [3.63, 3.8) is 0 Å². The number of carbonyl (C=O) groups is 1. The number of esters is 1. The van der Waals surface area contributed by atoms with Gasteiger partial charge in [0, 0.05) is 4.47 Å². The number of hydrogen-bond acceptors (Lipinski definition) is 4. The Morgan fingerprint density at radius 1 is 1.00 bits per heavy atom. The van der Waals surface area contributed by atoms with Crippen LogP contribution in [0.5, 0.6) is 0 Å². The zero-order valence-electron chi connectivity index (χ0n) is 12.8. The number of ether oxygens (including phenoxy) is 1. The molecular formula is C18H15BrN2O2. The van der Waals surface area contributed by atoms with Crippen molar-refractivity contribution in [3.05, 3.63) is 69.5 Å². The lowest BCUT2D eigenvalue weighted by Gasteiger charge is -2.07. The van der Waals surface area contributed by atoms with Crippen LogP contribution in [0.3, 0.4) is 0 Å². The molecule has 0 amide bonds. The van der Waals surface area contributed by atoms with Crippen LogP contribution in [0, 0.1) is 13.8 Å². The molecule has 0 bridgehead atoms. The third-order valence-electron chi connectivity index (χ3n) is 3.59. The Balaban J connectivity index is 1.77. The molecule has 4 nitrogen and oxygen atoms in total. The number of aryl methyl sites for hydroxylation is 2. The molecule has 116 valence electrons. The summed E-state index contributed by atoms with van der Waals surface area (Å²) in [4.78, 5) is 21.1. The standard InChI is InChI=1S/C18H15BrN2O2/c1-11-12(2)21-17-9-14(5-8-16(17)20-11)18(22)23-10-13-3-6-15(19)7-4-13/h3-9H,10H2,1-2H3. The maximum absolute atomic E-state index is 12.2. The molecule has 0 aliphatic rings. The normalized spacial score (nSPS) is 10.7. The quantitative estimate of drug-likeness (QED) is 0.642. The number of fused-ring (bicyclic) bond motifs is 1. The van der Waals surface area contributed by atoms with Gasteiger partial charge in [-0.2, -0.15) is 0 Å². The number of rotatable bonds is 3. The second kappa shape index (κ2) is 6.46. The predicted molar refractivity (Wildman–Crippen MR) is 92.3 cm³/mol. The molecule has 3 aromatic rings. The topological polar surface area (TPSA) is 52.1 Å². The number of benzene rings is 2. The third kappa shape index (κ3) is 3.56. The molecule has 1 aromatic heterocycles. The molecule has 0 spiro atoms. The van der Waals surface area contributed by atoms with Crippen LogP contribution in [0.15, 0.2) is 46.9 Å². The van der Waals surface area contributed by atoms with E-state index in [9.17, 15) is 4.79 Å². The van der Waals surface area contributed by atoms with Crippen molar-refractivity contribution in [2.75, 3.05) is 0 Å². The first-order chi connectivity index (χ1) is 11.0. The fraction of sp³-hybridized carbons (Fsp3) is 0.167. The lowest BCUT2D eigenvalue weighted by molar-refractivity contribution is 0.0473. The number of hydrogen-bond donors (Lipinski definition) is 0. The molecule has 0 saturated heterocycles. The number of aromatic nitrogens is 2. The summed E-state index contributed by atoms with van der Waals surface area (Å²) in [5.74, 6) is -0.366. The Morgan fingerprint density at radius 2 is 1.65 bits per heavy atom. The minimum absolute atomic E-state index is 0.239. The lowest BCUT2D eigenvalue weighted by Crippen LogP contribution is -2.06. The molecule has 2 aromatic carbocycles. The van der Waals surface area contributed by atoms with Crippen molar-refractivity contribution in [1.29, 1.82) is 0 Å². The van der Waals surface area contributed by atoms with E-state index in [0.717, 1.165) is 26.9 Å². The Hall–Kier alpha value is -2.27. The molecule has 23 heavy (non-hydrogen) atoms. The summed E-state index contributed by atoms with van der Waals surface area (Å²) >= 11 is 3.38. The molecule has 0 aliphatic heterocycles. The first-order valence-corrected chi connectivity index (χ1v) is 7.99. The minimum Gasteiger partial charge on any atom is -0.457 e. The maximum atomic E-state index is 12.2. The zero-order valence-corrected chi connectivity index (χ0v) is 14.4. The molecule has 0 radical (unpaired) electrons. The summed E-state index contributed by atoms with van der Waals surface area (Å²) in [5, 5.41) is 0. The van der Waals surface area contributed by atoms with Crippen LogP contribution in [0.1, 0.15) is 27.3 Å². The van der Waals surface area contributed by atoms with Gasteiger partial charge in [-0.15, -0.1) is 0 Å². The third-order valence-corrected chi connectivity index (χ3v) is 4.12. The minimum atomic E-state index is -0.366. The molecule has 5 heteroatoms. The van der Waals surface area contributed by atoms with Gasteiger partial charge in [0.15, 0.2) is 0 Å². The van der Waals surface area contributed by atoms with Crippen molar-refractivity contribution in [1.82, 2.24) is 9.97 Å². The van der Waals surface area contributed by atoms with E-state index in [-0.39, 0.29) is 12.6 Å². The largest absolute Gasteiger partial charge is 0.457 e. The van der Waals surface area contributed by atoms with Crippen LogP contribution >= 0.6 is 15.9 Å². The van der Waals surface area contributed by atoms with Crippen LogP contribution in [0.25, 0.3) is 11.0 Å². The molecular weight excluding hydrogens is 356 g/mol. The molecule has 0 aliphatic carbocycles. The van der Waals surface area contributed by atoms with Crippen molar-refractivity contribution in [2.24, 2.45) is 0 Å². The lowest BCUT2D eigenvalue weighted by atomic mass is 10.2. The number of nitrogens with zero attached hydrogens (tertiary/aromatic N) is 2. The Bertz CT molecular complexity index is 876. The van der Waals surface area contributed by atoms with Gasteiger partial charge in [0.1, 0.15) is 6.61 Å². The van der Waals surface area contributed by atoms with Crippen molar-refractivity contribution < 1.29 is 9.53 Å². The SMILES string of the molecule is Cc1nc2ccc(C(=O)OCc3ccc(Br)cc3)cc2nc1C. The van der Waals surface area contributed by atoms with Gasteiger partial charge in [-0.1, -0.05) is 28.1 Å². The van der Waals surface area contributed by atoms with Crippen molar-refractivity contribution in [3.8, 4) is 0 Å². The average molecular weight is 371 g/mol. The van der Waals surface area contributed by atoms with Gasteiger partial charge in [0.25, 0.3) is 0 Å². The van der Waals surface area contributed by atoms with E-state index in [4.69, 9.17) is 4.74 Å². The molecule has 0 unspecified atom stereocenters. The van der Waals surface area contributed by atoms with Gasteiger partial charge < -0.3 is 4.74 Å². The van der Waals surface area contributed by atoms with Crippen LogP contribution in [-0.2, 0) is 11.3 Å². The highest BCUT2D eigenvalue weighted by atomic mass is 79.9. The first-order valence-electron chi connectivity index (χ1n) is 7.19. The summed E-state index contributed by atoms with van der Waals surface area (Å²) < 4.78 is 6.35. The Kier molecular flexibility index (Phi) is 4.39. The van der Waals surface area contributed by atoms with Gasteiger partial charge >= 0.3 is 5.97 Å². The van der Waals surface area contributed by atoms with E-state index < -0.39 is 0 Å². The molecule has 0 fully saturated rings. The number of carbonyl (C=O) groups excluding carboxylic acids is 1. The highest BCUT2D eigenvalue weighted by Crippen LogP contribution is 2.16. The average Bonchev–Trinajstić information content (AvgIpc) is 2.54. The Morgan fingerprint density at radius 3 is 2.35 bits per heavy atom. The van der Waals surface area contributed by atoms with Crippen LogP contribution in [0.4, 0.5) is 0 Å². The smallest absolute Gasteiger partial charge is 0.338 e. The predicted octanol–water partition coefficient (Wildman–Crippen LogP) is 4.37. The van der Waals surface area contributed by atoms with E-state index in [1.54, 1.807) is 18.2 Å². The van der Waals surface area contributed by atoms with E-state index in [0.29, 0.717) is 11.1 Å². The van der Waals surface area contributed by atoms with E-state index in [1.165, 1.54) is 0 Å². The van der Waals surface area contributed by atoms with Gasteiger partial charge in [-0.3, -0.25) is 0 Å². The maximum Gasteiger partial charge on any atom is 0.338 e. The van der Waals surface area contributed by atoms with Gasteiger partial charge in [-0.05, 0) is 49.7 Å². The van der Waals surface area contributed by atoms with Crippen LogP contribution in [0.2, 0.25) is 0 Å². The van der Waals surface area contributed by atoms with Crippen molar-refractivity contribution >= 4 is 32.9 Å². The van der Waals surface area contributed by atoms with E-state index in [2.05, 4.69) is 25.9 Å². The summed E-state index contributed by atoms with van der Waals surface area (Å²) in [6.07, 6.45) is 0. The highest BCUT2D eigenvalue weighted by molar-refractivity contribution is 9.10. The molecule has 0 atom stereocenters. The Labute approximate surface area is 142 Å². The number of halogens is 1. The second-order valence-electron chi connectivity index (χ2n) is 5.30. The van der Waals surface area contributed by atoms with E-state index in [1.807, 2.05) is 38.1 Å². The first kappa shape index (κ1) is 15.6. The highest BCUT2D eigenvalue weighted by Gasteiger charge is 2.10. The zero-order chi connectivity index (χ0) is 16.4. The molecule has 0 saturated carbocycles. The fourth-order valence-electron chi connectivity index (χ4n) is 2.17.